The van der Waals surface area contributed by atoms with Crippen LogP contribution < -0.4 is 5.32 Å². The molecule has 0 saturated carbocycles. The molecule has 6 nitrogen and oxygen atoms in total. The lowest BCUT2D eigenvalue weighted by Gasteiger charge is -2.08. The smallest absolute Gasteiger partial charge is 0.536 e. The van der Waals surface area contributed by atoms with Gasteiger partial charge in [-0.3, -0.25) is 0 Å². The maximum absolute atomic E-state index is 10.8. The van der Waals surface area contributed by atoms with E-state index in [1.54, 1.807) is 0 Å². The Hall–Kier alpha value is -0.420. The van der Waals surface area contributed by atoms with Gasteiger partial charge in [0.25, 0.3) is 0 Å². The summed E-state index contributed by atoms with van der Waals surface area (Å²) in [4.78, 5) is 0. The molecule has 0 aromatic rings. The zero-order valence-electron chi connectivity index (χ0n) is 7.49. The van der Waals surface area contributed by atoms with Gasteiger partial charge >= 0.3 is 6.36 Å². The fourth-order valence-corrected chi connectivity index (χ4v) is 0.927. The van der Waals surface area contributed by atoms with E-state index in [1.165, 1.54) is 0 Å². The van der Waals surface area contributed by atoms with E-state index in [-0.39, 0.29) is 0 Å². The molecule has 1 heterocycles. The van der Waals surface area contributed by atoms with Crippen LogP contribution >= 0.6 is 0 Å². The van der Waals surface area contributed by atoms with Crippen molar-refractivity contribution >= 4 is 10.4 Å². The van der Waals surface area contributed by atoms with Crippen LogP contribution in [0.4, 0.5) is 13.2 Å². The highest BCUT2D eigenvalue weighted by Gasteiger charge is 2.32. The average molecular weight is 253 g/mol. The Morgan fingerprint density at radius 2 is 1.73 bits per heavy atom. The van der Waals surface area contributed by atoms with E-state index >= 15 is 0 Å². The minimum atomic E-state index is -5.66. The summed E-state index contributed by atoms with van der Waals surface area (Å²) in [6.45, 7) is 4.19. The Morgan fingerprint density at radius 3 is 1.80 bits per heavy atom. The van der Waals surface area contributed by atoms with Crippen LogP contribution in [-0.2, 0) is 19.3 Å². The molecule has 0 aromatic carbocycles. The summed E-state index contributed by atoms with van der Waals surface area (Å²) in [5, 5.41) is 2.27. The molecular weight excluding hydrogens is 243 g/mol. The second-order valence-electron chi connectivity index (χ2n) is 2.42. The summed E-state index contributed by atoms with van der Waals surface area (Å²) in [6, 6.07) is 0. The van der Waals surface area contributed by atoms with Crippen LogP contribution in [0.15, 0.2) is 0 Å². The number of rotatable bonds is 1. The van der Waals surface area contributed by atoms with Crippen LogP contribution in [0.5, 0.6) is 0 Å². The van der Waals surface area contributed by atoms with E-state index in [1.807, 2.05) is 4.18 Å². The molecule has 15 heavy (non-hydrogen) atoms. The highest BCUT2D eigenvalue weighted by Crippen LogP contribution is 2.17. The zero-order chi connectivity index (χ0) is 11.9. The third-order valence-electron chi connectivity index (χ3n) is 1.13. The third-order valence-corrected chi connectivity index (χ3v) is 1.52. The number of ether oxygens (including phenoxy) is 1. The second-order valence-corrected chi connectivity index (χ2v) is 3.40. The first-order valence-electron chi connectivity index (χ1n) is 3.83. The number of quaternary nitrogens is 1. The number of hydrogen-bond acceptors (Lipinski definition) is 5. The number of hydrogen-bond donors (Lipinski definition) is 1. The Morgan fingerprint density at radius 1 is 1.27 bits per heavy atom. The molecule has 0 amide bonds. The van der Waals surface area contributed by atoms with Gasteiger partial charge in [0.15, 0.2) is 0 Å². The quantitative estimate of drug-likeness (QED) is 0.456. The first-order valence-corrected chi connectivity index (χ1v) is 5.16. The van der Waals surface area contributed by atoms with Gasteiger partial charge in [0, 0.05) is 0 Å². The predicted octanol–water partition coefficient (Wildman–Crippen LogP) is -1.44. The van der Waals surface area contributed by atoms with Gasteiger partial charge < -0.3 is 14.6 Å². The molecule has 0 aliphatic carbocycles. The standard InChI is InChI=1S/C4H9NO.CHF3O4S/c1-3-6-4-2-5-1;2-1(3,4)8-9(5,6)7/h5H,1-4H2;(H,5,6,7). The SMILES string of the molecule is C1COCC[NH2+]1.O=S(=O)([O-])OC(F)(F)F. The van der Waals surface area contributed by atoms with Crippen LogP contribution in [-0.4, -0.2) is 45.6 Å². The summed E-state index contributed by atoms with van der Waals surface area (Å²) in [6.07, 6.45) is -5.42. The molecule has 92 valence electrons. The normalized spacial score (nSPS) is 17.9. The lowest BCUT2D eigenvalue weighted by Crippen LogP contribution is -2.87. The highest BCUT2D eigenvalue weighted by atomic mass is 32.3. The summed E-state index contributed by atoms with van der Waals surface area (Å²) < 4.78 is 66.8. The molecule has 2 N–H and O–H groups in total. The van der Waals surface area contributed by atoms with Crippen molar-refractivity contribution in [3.63, 3.8) is 0 Å². The molecule has 1 rings (SSSR count). The molecule has 0 radical (unpaired) electrons. The lowest BCUT2D eigenvalue weighted by molar-refractivity contribution is -0.670. The van der Waals surface area contributed by atoms with Crippen molar-refractivity contribution < 1.29 is 40.4 Å². The van der Waals surface area contributed by atoms with Crippen molar-refractivity contribution in [2.24, 2.45) is 0 Å². The maximum Gasteiger partial charge on any atom is 0.536 e. The minimum absolute atomic E-state index is 0.944. The minimum Gasteiger partial charge on any atom is -0.725 e. The largest absolute Gasteiger partial charge is 0.725 e. The Labute approximate surface area is 84.3 Å². The Balaban J connectivity index is 0.000000280. The molecule has 1 fully saturated rings. The van der Waals surface area contributed by atoms with Crippen molar-refractivity contribution in [3.8, 4) is 0 Å². The monoisotopic (exact) mass is 253 g/mol. The first-order chi connectivity index (χ1) is 6.71. The number of halogens is 3. The van der Waals surface area contributed by atoms with E-state index in [4.69, 9.17) is 17.7 Å². The Kier molecular flexibility index (Phi) is 6.05. The molecule has 0 atom stereocenters. The third kappa shape index (κ3) is 13.6. The van der Waals surface area contributed by atoms with Crippen LogP contribution in [0.1, 0.15) is 0 Å². The van der Waals surface area contributed by atoms with Gasteiger partial charge in [-0.15, -0.1) is 13.2 Å². The van der Waals surface area contributed by atoms with Crippen LogP contribution in [0, 0.1) is 0 Å². The van der Waals surface area contributed by atoms with E-state index in [0.29, 0.717) is 0 Å². The summed E-state index contributed by atoms with van der Waals surface area (Å²) >= 11 is 0. The first kappa shape index (κ1) is 14.6. The fourth-order valence-electron chi connectivity index (χ4n) is 0.695. The molecule has 0 unspecified atom stereocenters. The van der Waals surface area contributed by atoms with Crippen molar-refractivity contribution in [1.82, 2.24) is 0 Å². The molecule has 10 heteroatoms. The predicted molar refractivity (Wildman–Crippen MR) is 39.3 cm³/mol. The summed E-state index contributed by atoms with van der Waals surface area (Å²) in [5.74, 6) is 0. The number of nitrogens with two attached hydrogens (primary N) is 1. The maximum atomic E-state index is 10.8. The van der Waals surface area contributed by atoms with Gasteiger partial charge in [0.1, 0.15) is 0 Å². The number of alkyl halides is 3. The molecule has 0 bridgehead atoms. The van der Waals surface area contributed by atoms with Gasteiger partial charge in [-0.05, 0) is 0 Å². The molecular formula is C5H10F3NO5S. The molecule has 0 aromatic heterocycles. The van der Waals surface area contributed by atoms with Gasteiger partial charge in [0.05, 0.1) is 26.3 Å². The van der Waals surface area contributed by atoms with Gasteiger partial charge in [0.2, 0.25) is 10.4 Å². The molecule has 1 aliphatic heterocycles. The van der Waals surface area contributed by atoms with E-state index in [9.17, 15) is 13.2 Å². The zero-order valence-corrected chi connectivity index (χ0v) is 8.31. The van der Waals surface area contributed by atoms with Crippen LogP contribution in [0.3, 0.4) is 0 Å². The molecule has 1 saturated heterocycles. The Bertz CT molecular complexity index is 249. The molecule has 0 spiro atoms. The summed E-state index contributed by atoms with van der Waals surface area (Å²) in [5.41, 5.74) is 0. The van der Waals surface area contributed by atoms with Gasteiger partial charge in [-0.2, -0.15) is 4.18 Å². The van der Waals surface area contributed by atoms with Gasteiger partial charge in [-0.25, -0.2) is 8.42 Å². The lowest BCUT2D eigenvalue weighted by atomic mass is 10.5. The van der Waals surface area contributed by atoms with Crippen molar-refractivity contribution in [1.29, 1.82) is 0 Å². The van der Waals surface area contributed by atoms with Gasteiger partial charge in [-0.1, -0.05) is 0 Å². The van der Waals surface area contributed by atoms with Crippen molar-refractivity contribution in [3.05, 3.63) is 0 Å². The second kappa shape index (κ2) is 6.23. The van der Waals surface area contributed by atoms with E-state index in [2.05, 4.69) is 5.32 Å². The topological polar surface area (TPSA) is 92.3 Å². The number of morpholine rings is 1. The highest BCUT2D eigenvalue weighted by molar-refractivity contribution is 7.80. The molecule has 1 aliphatic rings. The van der Waals surface area contributed by atoms with Crippen molar-refractivity contribution in [2.75, 3.05) is 26.3 Å². The van der Waals surface area contributed by atoms with Crippen molar-refractivity contribution in [2.45, 2.75) is 6.36 Å². The van der Waals surface area contributed by atoms with E-state index in [0.717, 1.165) is 26.3 Å². The summed E-state index contributed by atoms with van der Waals surface area (Å²) in [7, 11) is -5.66. The average Bonchev–Trinajstić information content (AvgIpc) is 2.01. The fraction of sp³-hybridized carbons (Fsp3) is 1.00. The van der Waals surface area contributed by atoms with Crippen LogP contribution in [0.2, 0.25) is 0 Å². The van der Waals surface area contributed by atoms with Crippen LogP contribution in [0.25, 0.3) is 0 Å². The van der Waals surface area contributed by atoms with E-state index < -0.39 is 16.8 Å².